The van der Waals surface area contributed by atoms with Gasteiger partial charge in [0.05, 0.1) is 27.5 Å². The fraction of sp³-hybridized carbons (Fsp3) is 0.0625. The Morgan fingerprint density at radius 1 is 1.12 bits per heavy atom. The first-order valence-electron chi connectivity index (χ1n) is 6.98. The molecule has 2 heterocycles. The monoisotopic (exact) mass is 357 g/mol. The minimum Gasteiger partial charge on any atom is -0.508 e. The van der Waals surface area contributed by atoms with Crippen LogP contribution in [0.25, 0.3) is 20.4 Å². The summed E-state index contributed by atoms with van der Waals surface area (Å²) in [6.07, 6.45) is 0. The zero-order chi connectivity index (χ0) is 16.7. The van der Waals surface area contributed by atoms with Crippen molar-refractivity contribution in [2.75, 3.05) is 12.4 Å². The molecule has 0 saturated heterocycles. The predicted molar refractivity (Wildman–Crippen MR) is 95.4 cm³/mol. The highest BCUT2D eigenvalue weighted by Gasteiger charge is 2.14. The van der Waals surface area contributed by atoms with Crippen LogP contribution in [-0.2, 0) is 0 Å². The summed E-state index contributed by atoms with van der Waals surface area (Å²) < 4.78 is 7.13. The van der Waals surface area contributed by atoms with Gasteiger partial charge < -0.3 is 9.84 Å². The molecule has 6 nitrogen and oxygen atoms in total. The van der Waals surface area contributed by atoms with Gasteiger partial charge in [-0.3, -0.25) is 10.1 Å². The van der Waals surface area contributed by atoms with Crippen LogP contribution in [0.2, 0.25) is 0 Å². The summed E-state index contributed by atoms with van der Waals surface area (Å²) in [5.41, 5.74) is 2.02. The van der Waals surface area contributed by atoms with Gasteiger partial charge in [0.25, 0.3) is 11.1 Å². The Hall–Kier alpha value is -2.71. The number of ether oxygens (including phenoxy) is 1. The number of methoxy groups -OCH3 is 1. The minimum atomic E-state index is -0.317. The number of rotatable bonds is 3. The first-order chi connectivity index (χ1) is 11.6. The first kappa shape index (κ1) is 14.9. The molecule has 0 atom stereocenters. The molecule has 0 fully saturated rings. The third kappa shape index (κ3) is 2.55. The van der Waals surface area contributed by atoms with Crippen molar-refractivity contribution >= 4 is 54.1 Å². The average molecular weight is 357 g/mol. The largest absolute Gasteiger partial charge is 0.508 e. The number of carbonyl (C=O) groups is 1. The van der Waals surface area contributed by atoms with Crippen LogP contribution in [0.5, 0.6) is 10.9 Å². The van der Waals surface area contributed by atoms with Gasteiger partial charge in [0.1, 0.15) is 5.75 Å². The average Bonchev–Trinajstić information content (AvgIpc) is 3.17. The van der Waals surface area contributed by atoms with Crippen LogP contribution in [0.1, 0.15) is 10.4 Å². The van der Waals surface area contributed by atoms with Crippen molar-refractivity contribution in [2.45, 2.75) is 0 Å². The number of phenols is 1. The molecule has 120 valence electrons. The smallest absolute Gasteiger partial charge is 0.274 e. The fourth-order valence-corrected chi connectivity index (χ4v) is 4.27. The summed E-state index contributed by atoms with van der Waals surface area (Å²) in [5.74, 6) is -0.270. The lowest BCUT2D eigenvalue weighted by Gasteiger charge is -2.01. The van der Waals surface area contributed by atoms with E-state index in [1.807, 2.05) is 12.1 Å². The van der Waals surface area contributed by atoms with Crippen LogP contribution in [0.4, 0.5) is 5.13 Å². The van der Waals surface area contributed by atoms with Crippen LogP contribution in [-0.4, -0.2) is 28.1 Å². The van der Waals surface area contributed by atoms with Gasteiger partial charge in [0.15, 0.2) is 5.13 Å². The molecule has 1 amide bonds. The number of hydrogen-bond donors (Lipinski definition) is 2. The molecule has 2 aromatic heterocycles. The molecular weight excluding hydrogens is 346 g/mol. The molecule has 24 heavy (non-hydrogen) atoms. The van der Waals surface area contributed by atoms with E-state index in [1.54, 1.807) is 19.2 Å². The number of fused-ring (bicyclic) bond motifs is 3. The molecular formula is C16H11N3O3S2. The summed E-state index contributed by atoms with van der Waals surface area (Å²) in [6.45, 7) is 0. The first-order valence-corrected chi connectivity index (χ1v) is 8.62. The lowest BCUT2D eigenvalue weighted by atomic mass is 10.2. The van der Waals surface area contributed by atoms with Crippen LogP contribution < -0.4 is 10.1 Å². The van der Waals surface area contributed by atoms with E-state index in [2.05, 4.69) is 15.3 Å². The maximum Gasteiger partial charge on any atom is 0.274 e. The Bertz CT molecular complexity index is 1070. The number of carbonyl (C=O) groups excluding carboxylic acids is 1. The lowest BCUT2D eigenvalue weighted by molar-refractivity contribution is 0.102. The summed E-state index contributed by atoms with van der Waals surface area (Å²) in [6, 6.07) is 9.94. The van der Waals surface area contributed by atoms with Crippen molar-refractivity contribution < 1.29 is 14.6 Å². The highest BCUT2D eigenvalue weighted by Crippen LogP contribution is 2.38. The van der Waals surface area contributed by atoms with E-state index in [1.165, 1.54) is 34.8 Å². The number of hydrogen-bond acceptors (Lipinski definition) is 7. The SMILES string of the molecule is COc1nc2ccc3nc(NC(=O)c4cccc(O)c4)sc3c2s1. The van der Waals surface area contributed by atoms with Crippen LogP contribution >= 0.6 is 22.7 Å². The van der Waals surface area contributed by atoms with E-state index < -0.39 is 0 Å². The molecule has 2 aromatic carbocycles. The van der Waals surface area contributed by atoms with Gasteiger partial charge in [-0.25, -0.2) is 9.97 Å². The maximum absolute atomic E-state index is 12.3. The Morgan fingerprint density at radius 2 is 1.88 bits per heavy atom. The van der Waals surface area contributed by atoms with Crippen molar-refractivity contribution in [3.63, 3.8) is 0 Å². The molecule has 4 aromatic rings. The van der Waals surface area contributed by atoms with Gasteiger partial charge in [0, 0.05) is 5.56 Å². The van der Waals surface area contributed by atoms with E-state index in [9.17, 15) is 9.90 Å². The molecule has 0 unspecified atom stereocenters. The third-order valence-electron chi connectivity index (χ3n) is 3.40. The molecule has 0 bridgehead atoms. The maximum atomic E-state index is 12.3. The van der Waals surface area contributed by atoms with E-state index in [4.69, 9.17) is 4.74 Å². The molecule has 0 radical (unpaired) electrons. The van der Waals surface area contributed by atoms with Crippen molar-refractivity contribution in [3.05, 3.63) is 42.0 Å². The normalized spacial score (nSPS) is 11.0. The second-order valence-electron chi connectivity index (χ2n) is 4.97. The van der Waals surface area contributed by atoms with Gasteiger partial charge in [-0.1, -0.05) is 28.7 Å². The van der Waals surface area contributed by atoms with Crippen LogP contribution in [0.3, 0.4) is 0 Å². The quantitative estimate of drug-likeness (QED) is 0.581. The Labute approximate surface area is 144 Å². The van der Waals surface area contributed by atoms with Gasteiger partial charge in [-0.2, -0.15) is 0 Å². The zero-order valence-corrected chi connectivity index (χ0v) is 14.1. The van der Waals surface area contributed by atoms with Crippen molar-refractivity contribution in [2.24, 2.45) is 0 Å². The summed E-state index contributed by atoms with van der Waals surface area (Å²) in [5, 5.41) is 13.3. The third-order valence-corrected chi connectivity index (χ3v) is 5.58. The standard InChI is InChI=1S/C16H11N3O3S2/c1-22-16-18-11-6-5-10-12(13(11)24-16)23-15(17-10)19-14(21)8-3-2-4-9(20)7-8/h2-7,20H,1H3,(H,17,19,21). The van der Waals surface area contributed by atoms with Gasteiger partial charge in [-0.05, 0) is 30.3 Å². The van der Waals surface area contributed by atoms with Crippen molar-refractivity contribution in [3.8, 4) is 10.9 Å². The van der Waals surface area contributed by atoms with Crippen molar-refractivity contribution in [1.29, 1.82) is 0 Å². The second kappa shape index (κ2) is 5.73. The summed E-state index contributed by atoms with van der Waals surface area (Å²) >= 11 is 2.84. The van der Waals surface area contributed by atoms with Gasteiger partial charge >= 0.3 is 0 Å². The number of aromatic nitrogens is 2. The Balaban J connectivity index is 1.71. The second-order valence-corrected chi connectivity index (χ2v) is 6.93. The van der Waals surface area contributed by atoms with E-state index in [0.29, 0.717) is 15.9 Å². The number of amides is 1. The molecule has 0 aliphatic rings. The van der Waals surface area contributed by atoms with E-state index in [0.717, 1.165) is 20.4 Å². The number of phenolic OH excluding ortho intramolecular Hbond substituents is 1. The summed E-state index contributed by atoms with van der Waals surface area (Å²) in [7, 11) is 1.59. The summed E-state index contributed by atoms with van der Waals surface area (Å²) in [4.78, 5) is 21.1. The number of nitrogens with one attached hydrogen (secondary N) is 1. The van der Waals surface area contributed by atoms with Crippen LogP contribution in [0.15, 0.2) is 36.4 Å². The lowest BCUT2D eigenvalue weighted by Crippen LogP contribution is -2.11. The molecule has 0 aliphatic carbocycles. The highest BCUT2D eigenvalue weighted by molar-refractivity contribution is 7.29. The number of nitrogens with zero attached hydrogens (tertiary/aromatic N) is 2. The highest BCUT2D eigenvalue weighted by atomic mass is 32.1. The minimum absolute atomic E-state index is 0.0467. The van der Waals surface area contributed by atoms with Crippen LogP contribution in [0, 0.1) is 0 Å². The van der Waals surface area contributed by atoms with Gasteiger partial charge in [-0.15, -0.1) is 0 Å². The van der Waals surface area contributed by atoms with Gasteiger partial charge in [0.2, 0.25) is 0 Å². The molecule has 2 N–H and O–H groups in total. The number of aromatic hydroxyl groups is 1. The molecule has 0 saturated carbocycles. The molecule has 8 heteroatoms. The predicted octanol–water partition coefficient (Wildman–Crippen LogP) is 3.87. The fourth-order valence-electron chi connectivity index (χ4n) is 2.31. The molecule has 0 aliphatic heterocycles. The van der Waals surface area contributed by atoms with Crippen molar-refractivity contribution in [1.82, 2.24) is 9.97 Å². The number of anilines is 1. The van der Waals surface area contributed by atoms with E-state index >= 15 is 0 Å². The Kier molecular flexibility index (Phi) is 3.55. The van der Waals surface area contributed by atoms with E-state index in [-0.39, 0.29) is 11.7 Å². The zero-order valence-electron chi connectivity index (χ0n) is 12.4. The number of thiazole rings is 2. The topological polar surface area (TPSA) is 84.3 Å². The molecule has 0 spiro atoms. The Morgan fingerprint density at radius 3 is 2.62 bits per heavy atom. The molecule has 4 rings (SSSR count). The number of benzene rings is 2.